The van der Waals surface area contributed by atoms with E-state index in [1.165, 1.54) is 11.8 Å². The molecule has 0 spiro atoms. The molecule has 0 amide bonds. The summed E-state index contributed by atoms with van der Waals surface area (Å²) in [6.45, 7) is 3.69. The molecular formula is C20H26N4O3. The number of methoxy groups -OCH3 is 1. The van der Waals surface area contributed by atoms with E-state index in [9.17, 15) is 10.1 Å². The van der Waals surface area contributed by atoms with Crippen LogP contribution < -0.4 is 10.1 Å². The lowest BCUT2D eigenvalue weighted by atomic mass is 9.85. The summed E-state index contributed by atoms with van der Waals surface area (Å²) in [6, 6.07) is 10.1. The lowest BCUT2D eigenvalue weighted by molar-refractivity contribution is -0.385. The lowest BCUT2D eigenvalue weighted by Gasteiger charge is -2.40. The molecule has 1 aromatic heterocycles. The lowest BCUT2D eigenvalue weighted by Crippen LogP contribution is -2.39. The number of hydrogen-bond donors (Lipinski definition) is 1. The van der Waals surface area contributed by atoms with E-state index in [1.807, 2.05) is 19.1 Å². The Hall–Kier alpha value is -2.67. The number of anilines is 1. The topological polar surface area (TPSA) is 80.5 Å². The minimum atomic E-state index is -0.417. The fourth-order valence-corrected chi connectivity index (χ4v) is 3.87. The van der Waals surface area contributed by atoms with Crippen molar-refractivity contribution in [3.8, 4) is 5.75 Å². The summed E-state index contributed by atoms with van der Waals surface area (Å²) in [7, 11) is 3.84. The molecule has 1 fully saturated rings. The van der Waals surface area contributed by atoms with E-state index in [0.29, 0.717) is 17.8 Å². The number of piperidine rings is 1. The molecule has 2 heterocycles. The molecule has 2 unspecified atom stereocenters. The van der Waals surface area contributed by atoms with Gasteiger partial charge in [0, 0.05) is 18.7 Å². The molecule has 1 aromatic carbocycles. The van der Waals surface area contributed by atoms with Crippen molar-refractivity contribution in [3.63, 3.8) is 0 Å². The van der Waals surface area contributed by atoms with Crippen LogP contribution in [0.2, 0.25) is 0 Å². The van der Waals surface area contributed by atoms with Gasteiger partial charge < -0.3 is 10.1 Å². The summed E-state index contributed by atoms with van der Waals surface area (Å²) in [5.41, 5.74) is 2.08. The van der Waals surface area contributed by atoms with Crippen LogP contribution in [0.25, 0.3) is 0 Å². The number of aromatic nitrogens is 1. The fourth-order valence-electron chi connectivity index (χ4n) is 3.87. The number of nitro groups is 1. The Bertz CT molecular complexity index is 794. The molecule has 7 nitrogen and oxygen atoms in total. The maximum absolute atomic E-state index is 10.9. The molecule has 3 rings (SSSR count). The zero-order chi connectivity index (χ0) is 19.4. The quantitative estimate of drug-likeness (QED) is 0.615. The highest BCUT2D eigenvalue weighted by molar-refractivity contribution is 5.48. The second-order valence-corrected chi connectivity index (χ2v) is 7.10. The SMILES string of the molecule is COc1ccc(C2C(CNc3ncc([N+](=O)[O-])cc3C)CCCN2C)cc1. The number of hydrogen-bond acceptors (Lipinski definition) is 6. The predicted molar refractivity (Wildman–Crippen MR) is 105 cm³/mol. The van der Waals surface area contributed by atoms with Crippen molar-refractivity contribution in [2.24, 2.45) is 5.92 Å². The Labute approximate surface area is 159 Å². The summed E-state index contributed by atoms with van der Waals surface area (Å²) < 4.78 is 5.27. The van der Waals surface area contributed by atoms with Gasteiger partial charge in [-0.25, -0.2) is 4.98 Å². The smallest absolute Gasteiger partial charge is 0.287 e. The number of nitrogens with zero attached hydrogens (tertiary/aromatic N) is 3. The average Bonchev–Trinajstić information content (AvgIpc) is 2.67. The maximum Gasteiger partial charge on any atom is 0.287 e. The summed E-state index contributed by atoms with van der Waals surface area (Å²) in [5, 5.41) is 14.3. The molecule has 27 heavy (non-hydrogen) atoms. The van der Waals surface area contributed by atoms with Crippen LogP contribution in [0.4, 0.5) is 11.5 Å². The van der Waals surface area contributed by atoms with Crippen molar-refractivity contribution in [1.82, 2.24) is 9.88 Å². The molecule has 7 heteroatoms. The van der Waals surface area contributed by atoms with Crippen molar-refractivity contribution in [1.29, 1.82) is 0 Å². The summed E-state index contributed by atoms with van der Waals surface area (Å²) >= 11 is 0. The van der Waals surface area contributed by atoms with Crippen LogP contribution in [-0.4, -0.2) is 42.1 Å². The van der Waals surface area contributed by atoms with Gasteiger partial charge in [0.2, 0.25) is 0 Å². The second kappa shape index (κ2) is 8.35. The van der Waals surface area contributed by atoms with Gasteiger partial charge in [-0.15, -0.1) is 0 Å². The van der Waals surface area contributed by atoms with E-state index in [0.717, 1.165) is 37.2 Å². The van der Waals surface area contributed by atoms with Crippen molar-refractivity contribution >= 4 is 11.5 Å². The third-order valence-corrected chi connectivity index (χ3v) is 5.27. The summed E-state index contributed by atoms with van der Waals surface area (Å²) in [4.78, 5) is 17.1. The molecule has 2 aromatic rings. The van der Waals surface area contributed by atoms with Gasteiger partial charge in [-0.3, -0.25) is 15.0 Å². The number of ether oxygens (including phenoxy) is 1. The minimum Gasteiger partial charge on any atom is -0.497 e. The van der Waals surface area contributed by atoms with Gasteiger partial charge in [-0.05, 0) is 62.5 Å². The van der Waals surface area contributed by atoms with Gasteiger partial charge in [0.25, 0.3) is 5.69 Å². The van der Waals surface area contributed by atoms with E-state index in [4.69, 9.17) is 4.74 Å². The molecule has 0 aliphatic carbocycles. The largest absolute Gasteiger partial charge is 0.497 e. The van der Waals surface area contributed by atoms with Gasteiger partial charge >= 0.3 is 0 Å². The van der Waals surface area contributed by atoms with Crippen LogP contribution in [0.15, 0.2) is 36.5 Å². The summed E-state index contributed by atoms with van der Waals surface area (Å²) in [6.07, 6.45) is 3.59. The number of likely N-dealkylation sites (tertiary alicyclic amines) is 1. The van der Waals surface area contributed by atoms with Gasteiger partial charge in [0.05, 0.1) is 12.0 Å². The van der Waals surface area contributed by atoms with Crippen molar-refractivity contribution in [2.45, 2.75) is 25.8 Å². The van der Waals surface area contributed by atoms with E-state index in [-0.39, 0.29) is 5.69 Å². The van der Waals surface area contributed by atoms with Gasteiger partial charge in [0.15, 0.2) is 0 Å². The Morgan fingerprint density at radius 1 is 1.37 bits per heavy atom. The Morgan fingerprint density at radius 2 is 2.11 bits per heavy atom. The van der Waals surface area contributed by atoms with E-state index >= 15 is 0 Å². The molecule has 0 bridgehead atoms. The average molecular weight is 370 g/mol. The third kappa shape index (κ3) is 4.36. The van der Waals surface area contributed by atoms with Crippen LogP contribution in [0.5, 0.6) is 5.75 Å². The van der Waals surface area contributed by atoms with Gasteiger partial charge in [-0.2, -0.15) is 0 Å². The van der Waals surface area contributed by atoms with Crippen LogP contribution in [-0.2, 0) is 0 Å². The third-order valence-electron chi connectivity index (χ3n) is 5.27. The monoisotopic (exact) mass is 370 g/mol. The standard InChI is InChI=1S/C20H26N4O3/c1-14-11-17(24(25)26)13-22-20(14)21-12-16-5-4-10-23(2)19(16)15-6-8-18(27-3)9-7-15/h6-9,11,13,16,19H,4-5,10,12H2,1-3H3,(H,21,22). The molecule has 0 saturated carbocycles. The zero-order valence-electron chi connectivity index (χ0n) is 16.0. The molecule has 1 aliphatic rings. The first-order chi connectivity index (χ1) is 13.0. The van der Waals surface area contributed by atoms with Crippen LogP contribution in [0.1, 0.15) is 30.0 Å². The number of pyridine rings is 1. The molecule has 0 radical (unpaired) electrons. The number of rotatable bonds is 6. The Morgan fingerprint density at radius 3 is 2.74 bits per heavy atom. The van der Waals surface area contributed by atoms with Gasteiger partial charge in [0.1, 0.15) is 17.8 Å². The van der Waals surface area contributed by atoms with E-state index < -0.39 is 4.92 Å². The van der Waals surface area contributed by atoms with Crippen molar-refractivity contribution in [3.05, 3.63) is 57.8 Å². The second-order valence-electron chi connectivity index (χ2n) is 7.10. The van der Waals surface area contributed by atoms with Crippen molar-refractivity contribution in [2.75, 3.05) is 32.6 Å². The Balaban J connectivity index is 1.74. The molecular weight excluding hydrogens is 344 g/mol. The number of nitrogens with one attached hydrogen (secondary N) is 1. The summed E-state index contributed by atoms with van der Waals surface area (Å²) in [5.74, 6) is 1.99. The van der Waals surface area contributed by atoms with E-state index in [1.54, 1.807) is 13.2 Å². The molecule has 2 atom stereocenters. The maximum atomic E-state index is 10.9. The first-order valence-corrected chi connectivity index (χ1v) is 9.18. The van der Waals surface area contributed by atoms with E-state index in [2.05, 4.69) is 34.4 Å². The molecule has 1 N–H and O–H groups in total. The number of aryl methyl sites for hydroxylation is 1. The fraction of sp³-hybridized carbons (Fsp3) is 0.450. The van der Waals surface area contributed by atoms with Crippen LogP contribution in [0, 0.1) is 23.0 Å². The predicted octanol–water partition coefficient (Wildman–Crippen LogP) is 3.80. The highest BCUT2D eigenvalue weighted by Crippen LogP contribution is 2.36. The normalized spacial score (nSPS) is 20.3. The zero-order valence-corrected chi connectivity index (χ0v) is 16.0. The first kappa shape index (κ1) is 19.1. The van der Waals surface area contributed by atoms with Gasteiger partial charge in [-0.1, -0.05) is 12.1 Å². The molecule has 1 saturated heterocycles. The van der Waals surface area contributed by atoms with Crippen LogP contribution in [0.3, 0.4) is 0 Å². The molecule has 144 valence electrons. The Kier molecular flexibility index (Phi) is 5.91. The first-order valence-electron chi connectivity index (χ1n) is 9.18. The van der Waals surface area contributed by atoms with Crippen LogP contribution >= 0.6 is 0 Å². The highest BCUT2D eigenvalue weighted by atomic mass is 16.6. The molecule has 1 aliphatic heterocycles. The van der Waals surface area contributed by atoms with Crippen molar-refractivity contribution < 1.29 is 9.66 Å². The minimum absolute atomic E-state index is 0.0200. The number of benzene rings is 1. The highest BCUT2D eigenvalue weighted by Gasteiger charge is 2.30.